The average Bonchev–Trinajstić information content (AvgIpc) is 3.61. The summed E-state index contributed by atoms with van der Waals surface area (Å²) in [6.07, 6.45) is -4.94. The van der Waals surface area contributed by atoms with Crippen molar-refractivity contribution in [3.8, 4) is 22.6 Å². The van der Waals surface area contributed by atoms with Crippen molar-refractivity contribution in [2.45, 2.75) is 56.4 Å². The third kappa shape index (κ3) is 6.58. The van der Waals surface area contributed by atoms with Crippen LogP contribution in [0.15, 0.2) is 88.7 Å². The summed E-state index contributed by atoms with van der Waals surface area (Å²) >= 11 is 6.08. The Hall–Kier alpha value is -5.87. The molecule has 3 heterocycles. The number of carbonyl (C=O) groups excluding carboxylic acids is 3. The molecule has 15 nitrogen and oxygen atoms in total. The van der Waals surface area contributed by atoms with Gasteiger partial charge in [-0.3, -0.25) is 29.3 Å². The lowest BCUT2D eigenvalue weighted by Gasteiger charge is -2.29. The second-order valence-electron chi connectivity index (χ2n) is 11.7. The Kier molecular flexibility index (Phi) is 9.71. The molecule has 3 aromatic carbocycles. The van der Waals surface area contributed by atoms with Crippen LogP contribution in [-0.2, 0) is 46.0 Å². The molecule has 2 aliphatic heterocycles. The van der Waals surface area contributed by atoms with E-state index in [1.54, 1.807) is 64.1 Å². The fraction of sp³-hybridized carbons (Fsp3) is 0.286. The molecule has 0 radical (unpaired) electrons. The van der Waals surface area contributed by atoms with Gasteiger partial charge in [0.1, 0.15) is 29.8 Å². The van der Waals surface area contributed by atoms with Gasteiger partial charge in [0.15, 0.2) is 18.2 Å². The van der Waals surface area contributed by atoms with Crippen molar-refractivity contribution < 1.29 is 47.6 Å². The third-order valence-electron chi connectivity index (χ3n) is 8.45. The summed E-state index contributed by atoms with van der Waals surface area (Å²) in [6.45, 7) is 3.08. The zero-order valence-electron chi connectivity index (χ0n) is 27.8. The number of carbonyl (C=O) groups is 3. The van der Waals surface area contributed by atoms with E-state index >= 15 is 0 Å². The minimum Gasteiger partial charge on any atom is -0.744 e. The maximum absolute atomic E-state index is 14.9. The van der Waals surface area contributed by atoms with Gasteiger partial charge in [-0.1, -0.05) is 30.3 Å². The highest BCUT2D eigenvalue weighted by Crippen LogP contribution is 2.48. The summed E-state index contributed by atoms with van der Waals surface area (Å²) in [5.74, 6) is -1.35. The van der Waals surface area contributed by atoms with Crippen LogP contribution in [0.4, 0.5) is 17.3 Å². The molecule has 6 rings (SSSR count). The first-order valence-corrected chi connectivity index (χ1v) is 16.1. The molecular formula is C35H32N4O11S. The highest BCUT2D eigenvalue weighted by molar-refractivity contribution is 7.58. The normalized spacial score (nSPS) is 19.4. The molecule has 4 aromatic rings. The molecule has 0 unspecified atom stereocenters. The zero-order valence-corrected chi connectivity index (χ0v) is 28.6. The van der Waals surface area contributed by atoms with E-state index in [1.807, 2.05) is 0 Å². The van der Waals surface area contributed by atoms with Gasteiger partial charge in [-0.05, 0) is 47.0 Å². The Morgan fingerprint density at radius 2 is 1.63 bits per heavy atom. The number of fused-ring (bicyclic) bond motifs is 3. The van der Waals surface area contributed by atoms with Crippen LogP contribution >= 0.6 is 0 Å². The summed E-state index contributed by atoms with van der Waals surface area (Å²) in [5, 5.41) is 11.7. The van der Waals surface area contributed by atoms with Crippen molar-refractivity contribution in [2.75, 3.05) is 18.6 Å². The minimum absolute atomic E-state index is 0.141. The molecule has 5 atom stereocenters. The van der Waals surface area contributed by atoms with Gasteiger partial charge in [-0.25, -0.2) is 9.47 Å². The maximum Gasteiger partial charge on any atom is 0.374 e. The summed E-state index contributed by atoms with van der Waals surface area (Å²) in [6, 6.07) is 20.2. The molecular weight excluding hydrogens is 684 g/mol. The molecule has 0 N–H and O–H groups in total. The van der Waals surface area contributed by atoms with Gasteiger partial charge in [-0.2, -0.15) is 4.57 Å². The average molecular weight is 717 g/mol. The summed E-state index contributed by atoms with van der Waals surface area (Å²) in [5.41, 5.74) is 0.838. The highest BCUT2D eigenvalue weighted by atomic mass is 32.1. The second kappa shape index (κ2) is 14.2. The van der Waals surface area contributed by atoms with Crippen molar-refractivity contribution in [1.82, 2.24) is 4.57 Å². The summed E-state index contributed by atoms with van der Waals surface area (Å²) < 4.78 is 31.7. The second-order valence-corrected chi connectivity index (χ2v) is 12.1. The predicted molar refractivity (Wildman–Crippen MR) is 181 cm³/mol. The molecule has 264 valence electrons. The largest absolute Gasteiger partial charge is 0.744 e. The Balaban J connectivity index is 1.67. The molecule has 0 bridgehead atoms. The topological polar surface area (TPSA) is 170 Å². The number of nitrogens with zero attached hydrogens (tertiary/aromatic N) is 4. The molecule has 1 saturated heterocycles. The van der Waals surface area contributed by atoms with Gasteiger partial charge in [0.25, 0.3) is 5.69 Å². The van der Waals surface area contributed by atoms with Crippen molar-refractivity contribution in [3.63, 3.8) is 0 Å². The van der Waals surface area contributed by atoms with Crippen molar-refractivity contribution in [3.05, 3.63) is 99.3 Å². The van der Waals surface area contributed by atoms with Crippen LogP contribution in [0, 0.1) is 10.1 Å². The van der Waals surface area contributed by atoms with Gasteiger partial charge in [-0.15, -0.1) is 0 Å². The van der Waals surface area contributed by atoms with E-state index in [1.165, 1.54) is 49.8 Å². The smallest absolute Gasteiger partial charge is 0.374 e. The lowest BCUT2D eigenvalue weighted by molar-refractivity contribution is -0.625. The van der Waals surface area contributed by atoms with Crippen LogP contribution in [0.1, 0.15) is 26.8 Å². The van der Waals surface area contributed by atoms with E-state index in [9.17, 15) is 29.3 Å². The number of nitro groups is 1. The van der Waals surface area contributed by atoms with E-state index in [0.29, 0.717) is 22.7 Å². The highest BCUT2D eigenvalue weighted by Gasteiger charge is 2.64. The van der Waals surface area contributed by atoms with Crippen molar-refractivity contribution >= 4 is 47.9 Å². The third-order valence-corrected chi connectivity index (χ3v) is 8.84. The molecule has 1 aromatic heterocycles. The lowest BCUT2D eigenvalue weighted by atomic mass is 10.0. The van der Waals surface area contributed by atoms with Crippen LogP contribution in [0.5, 0.6) is 5.75 Å². The Morgan fingerprint density at radius 3 is 2.20 bits per heavy atom. The van der Waals surface area contributed by atoms with Gasteiger partial charge >= 0.3 is 29.4 Å². The van der Waals surface area contributed by atoms with Crippen LogP contribution in [-0.4, -0.2) is 65.7 Å². The van der Waals surface area contributed by atoms with E-state index in [0.717, 1.165) is 6.92 Å². The van der Waals surface area contributed by atoms with Gasteiger partial charge < -0.3 is 36.3 Å². The van der Waals surface area contributed by atoms with Crippen molar-refractivity contribution in [2.24, 2.45) is 0 Å². The molecule has 51 heavy (non-hydrogen) atoms. The number of methoxy groups -OCH3 is 1. The van der Waals surface area contributed by atoms with Crippen LogP contribution < -0.4 is 19.8 Å². The first kappa shape index (κ1) is 35.0. The zero-order chi connectivity index (χ0) is 36.6. The van der Waals surface area contributed by atoms with Crippen molar-refractivity contribution in [1.29, 1.82) is 0 Å². The predicted octanol–water partition coefficient (Wildman–Crippen LogP) is 3.46. The molecule has 0 aliphatic carbocycles. The van der Waals surface area contributed by atoms with E-state index in [4.69, 9.17) is 36.3 Å². The SMILES string of the molecule is COc1ccc(-[n+]2c([S-])c(-c3ccccc3)c(=O)n3c2N(c2ccc([N+](=O)[O-])cc2)[C@H]2O[C@H]([C@@H](COC(C)=O)OC(C)=O)[C@H](OC(C)=O)[C@H]23)cc1. The van der Waals surface area contributed by atoms with Gasteiger partial charge in [0.05, 0.1) is 17.6 Å². The Morgan fingerprint density at radius 1 is 0.961 bits per heavy atom. The fourth-order valence-corrected chi connectivity index (χ4v) is 6.82. The molecule has 2 aliphatic rings. The lowest BCUT2D eigenvalue weighted by Crippen LogP contribution is -2.49. The molecule has 1 fully saturated rings. The summed E-state index contributed by atoms with van der Waals surface area (Å²) in [4.78, 5) is 64.4. The number of hydrogen-bond donors (Lipinski definition) is 0. The quantitative estimate of drug-likeness (QED) is 0.0445. The maximum atomic E-state index is 14.9. The standard InChI is InChI=1S/C35H32N4O11S/c1-19(40)47-18-27(48-20(2)41)30-31(49-21(3)42)29-33(50-30)36(23-10-12-25(13-11-23)39(44)45)35-37(24-14-16-26(46-4)17-15-24)34(51)28(32(43)38(29)35)22-8-6-5-7-9-22/h5-17,27,29-31,33H,18H2,1-4H3/t27-,29-,30-,31-,33+/m1/s1. The number of ether oxygens (including phenoxy) is 5. The first-order chi connectivity index (χ1) is 24.4. The number of esters is 3. The Labute approximate surface area is 296 Å². The molecule has 0 saturated carbocycles. The molecule has 0 spiro atoms. The number of rotatable bonds is 10. The fourth-order valence-electron chi connectivity index (χ4n) is 6.43. The Bertz CT molecular complexity index is 2060. The number of hydrogen-bond acceptors (Lipinski definition) is 13. The molecule has 16 heteroatoms. The summed E-state index contributed by atoms with van der Waals surface area (Å²) in [7, 11) is 1.53. The first-order valence-electron chi connectivity index (χ1n) is 15.7. The number of benzene rings is 3. The monoisotopic (exact) mass is 716 g/mol. The van der Waals surface area contributed by atoms with Crippen LogP contribution in [0.2, 0.25) is 0 Å². The van der Waals surface area contributed by atoms with E-state index in [-0.39, 0.29) is 22.2 Å². The number of nitro benzene ring substituents is 1. The van der Waals surface area contributed by atoms with E-state index in [2.05, 4.69) is 0 Å². The molecule has 0 amide bonds. The minimum atomic E-state index is -1.28. The van der Waals surface area contributed by atoms with Gasteiger partial charge in [0.2, 0.25) is 6.23 Å². The number of aromatic nitrogens is 2. The van der Waals surface area contributed by atoms with E-state index < -0.39 is 65.6 Å². The van der Waals surface area contributed by atoms with Gasteiger partial charge in [0, 0.05) is 32.9 Å². The number of non-ortho nitro benzene ring substituents is 1. The van der Waals surface area contributed by atoms with Crippen LogP contribution in [0.25, 0.3) is 16.8 Å². The number of anilines is 2. The van der Waals surface area contributed by atoms with Crippen LogP contribution in [0.3, 0.4) is 0 Å².